The zero-order valence-electron chi connectivity index (χ0n) is 18.0. The highest BCUT2D eigenvalue weighted by atomic mass is 16.5. The minimum Gasteiger partial charge on any atom is -0.496 e. The first kappa shape index (κ1) is 21.6. The molecule has 1 heterocycles. The van der Waals surface area contributed by atoms with Crippen LogP contribution in [0.2, 0.25) is 0 Å². The highest BCUT2D eigenvalue weighted by Gasteiger charge is 2.23. The largest absolute Gasteiger partial charge is 0.496 e. The Balaban J connectivity index is 2.67. The Hall–Kier alpha value is -2.70. The van der Waals surface area contributed by atoms with Gasteiger partial charge in [0.05, 0.1) is 34.1 Å². The van der Waals surface area contributed by atoms with Gasteiger partial charge in [-0.05, 0) is 19.8 Å². The van der Waals surface area contributed by atoms with Gasteiger partial charge in [-0.25, -0.2) is 4.98 Å². The molecule has 0 aliphatic rings. The summed E-state index contributed by atoms with van der Waals surface area (Å²) in [6.07, 6.45) is 2.06. The lowest BCUT2D eigenvalue weighted by molar-refractivity contribution is 0.376. The van der Waals surface area contributed by atoms with Crippen molar-refractivity contribution in [2.24, 2.45) is 0 Å². The van der Waals surface area contributed by atoms with Gasteiger partial charge in [0.2, 0.25) is 5.88 Å². The lowest BCUT2D eigenvalue weighted by Crippen LogP contribution is -2.27. The van der Waals surface area contributed by atoms with Crippen molar-refractivity contribution < 1.29 is 18.9 Å². The van der Waals surface area contributed by atoms with Gasteiger partial charge in [0, 0.05) is 25.2 Å². The van der Waals surface area contributed by atoms with Gasteiger partial charge in [-0.1, -0.05) is 13.8 Å². The van der Waals surface area contributed by atoms with Crippen molar-refractivity contribution >= 4 is 5.69 Å². The van der Waals surface area contributed by atoms with Gasteiger partial charge in [0.15, 0.2) is 5.82 Å². The molecule has 7 nitrogen and oxygen atoms in total. The molecule has 1 aromatic heterocycles. The van der Waals surface area contributed by atoms with E-state index in [4.69, 9.17) is 28.9 Å². The zero-order valence-corrected chi connectivity index (χ0v) is 18.0. The number of anilines is 1. The summed E-state index contributed by atoms with van der Waals surface area (Å²) in [6.45, 7) is 8.13. The van der Waals surface area contributed by atoms with Crippen LogP contribution in [-0.4, -0.2) is 51.5 Å². The number of ether oxygens (including phenoxy) is 4. The zero-order chi connectivity index (χ0) is 20.7. The van der Waals surface area contributed by atoms with Crippen LogP contribution in [0.1, 0.15) is 32.4 Å². The van der Waals surface area contributed by atoms with E-state index < -0.39 is 0 Å². The molecule has 0 saturated heterocycles. The molecule has 28 heavy (non-hydrogen) atoms. The van der Waals surface area contributed by atoms with Crippen molar-refractivity contribution in [3.63, 3.8) is 0 Å². The molecule has 2 rings (SSSR count). The van der Waals surface area contributed by atoms with E-state index in [2.05, 4.69) is 18.7 Å². The van der Waals surface area contributed by atoms with Crippen LogP contribution in [0.25, 0.3) is 11.4 Å². The summed E-state index contributed by atoms with van der Waals surface area (Å²) in [5, 5.41) is 0. The van der Waals surface area contributed by atoms with Crippen molar-refractivity contribution in [3.8, 4) is 34.5 Å². The van der Waals surface area contributed by atoms with Gasteiger partial charge in [-0.15, -0.1) is 0 Å². The Morgan fingerprint density at radius 2 is 1.39 bits per heavy atom. The Kier molecular flexibility index (Phi) is 7.72. The maximum absolute atomic E-state index is 5.65. The molecule has 1 aromatic carbocycles. The molecule has 0 aliphatic heterocycles. The lowest BCUT2D eigenvalue weighted by atomic mass is 10.1. The molecule has 0 atom stereocenters. The molecule has 2 aromatic rings. The maximum atomic E-state index is 5.65. The molecule has 0 amide bonds. The molecule has 0 saturated carbocycles. The first-order valence-corrected chi connectivity index (χ1v) is 9.52. The van der Waals surface area contributed by atoms with E-state index in [-0.39, 0.29) is 0 Å². The first-order chi connectivity index (χ1) is 13.5. The third kappa shape index (κ3) is 4.40. The van der Waals surface area contributed by atoms with Crippen molar-refractivity contribution in [1.29, 1.82) is 0 Å². The quantitative estimate of drug-likeness (QED) is 0.606. The summed E-state index contributed by atoms with van der Waals surface area (Å²) in [5.74, 6) is 2.82. The van der Waals surface area contributed by atoms with E-state index in [1.165, 1.54) is 0 Å². The Morgan fingerprint density at radius 3 is 1.82 bits per heavy atom. The molecule has 154 valence electrons. The fourth-order valence-electron chi connectivity index (χ4n) is 3.26. The average Bonchev–Trinajstić information content (AvgIpc) is 2.71. The summed E-state index contributed by atoms with van der Waals surface area (Å²) in [7, 11) is 6.43. The topological polar surface area (TPSA) is 65.9 Å². The number of methoxy groups -OCH3 is 4. The molecule has 0 spiro atoms. The van der Waals surface area contributed by atoms with Gasteiger partial charge in [0.1, 0.15) is 28.5 Å². The lowest BCUT2D eigenvalue weighted by Gasteiger charge is -2.26. The van der Waals surface area contributed by atoms with Crippen LogP contribution >= 0.6 is 0 Å². The summed E-state index contributed by atoms with van der Waals surface area (Å²) < 4.78 is 22.1. The van der Waals surface area contributed by atoms with E-state index in [0.29, 0.717) is 34.5 Å². The Bertz CT molecular complexity index is 764. The normalized spacial score (nSPS) is 10.5. The third-order valence-corrected chi connectivity index (χ3v) is 4.46. The number of rotatable bonds is 10. The fraction of sp³-hybridized carbons (Fsp3) is 0.524. The molecule has 0 radical (unpaired) electrons. The number of nitrogens with zero attached hydrogens (tertiary/aromatic N) is 3. The first-order valence-electron chi connectivity index (χ1n) is 9.52. The smallest absolute Gasteiger partial charge is 0.241 e. The summed E-state index contributed by atoms with van der Waals surface area (Å²) in [6, 6.07) is 3.58. The maximum Gasteiger partial charge on any atom is 0.241 e. The standard InChI is InChI=1S/C21H31N3O4/c1-8-10-24(11-9-2)19-14(3)22-20(23-21(19)28-7)18-16(26-5)12-15(25-4)13-17(18)27-6/h12-13H,8-11H2,1-7H3. The highest BCUT2D eigenvalue weighted by Crippen LogP contribution is 2.42. The second-order valence-corrected chi connectivity index (χ2v) is 6.38. The minimum absolute atomic E-state index is 0.488. The molecule has 7 heteroatoms. The fourth-order valence-corrected chi connectivity index (χ4v) is 3.26. The minimum atomic E-state index is 0.488. The van der Waals surface area contributed by atoms with Crippen molar-refractivity contribution in [3.05, 3.63) is 17.8 Å². The number of aromatic nitrogens is 2. The van der Waals surface area contributed by atoms with Gasteiger partial charge >= 0.3 is 0 Å². The van der Waals surface area contributed by atoms with Gasteiger partial charge < -0.3 is 23.8 Å². The number of hydrogen-bond acceptors (Lipinski definition) is 7. The molecular weight excluding hydrogens is 358 g/mol. The number of aryl methyl sites for hydroxylation is 1. The second kappa shape index (κ2) is 10.0. The molecule has 0 fully saturated rings. The van der Waals surface area contributed by atoms with Crippen molar-refractivity contribution in [1.82, 2.24) is 9.97 Å². The molecular formula is C21H31N3O4. The molecule has 0 bridgehead atoms. The Morgan fingerprint density at radius 1 is 0.821 bits per heavy atom. The van der Waals surface area contributed by atoms with E-state index in [0.717, 1.165) is 37.3 Å². The predicted molar refractivity (Wildman–Crippen MR) is 111 cm³/mol. The van der Waals surface area contributed by atoms with E-state index in [1.54, 1.807) is 40.6 Å². The van der Waals surface area contributed by atoms with Gasteiger partial charge in [-0.2, -0.15) is 4.98 Å². The molecule has 0 N–H and O–H groups in total. The van der Waals surface area contributed by atoms with Crippen LogP contribution in [0.5, 0.6) is 23.1 Å². The molecule has 0 unspecified atom stereocenters. The van der Waals surface area contributed by atoms with Crippen molar-refractivity contribution in [2.75, 3.05) is 46.4 Å². The monoisotopic (exact) mass is 389 g/mol. The van der Waals surface area contributed by atoms with Crippen molar-refractivity contribution in [2.45, 2.75) is 33.6 Å². The molecule has 0 aliphatic carbocycles. The average molecular weight is 389 g/mol. The number of hydrogen-bond donors (Lipinski definition) is 0. The van der Waals surface area contributed by atoms with Crippen LogP contribution < -0.4 is 23.8 Å². The highest BCUT2D eigenvalue weighted by molar-refractivity contribution is 5.75. The van der Waals surface area contributed by atoms with Crippen LogP contribution in [0.15, 0.2) is 12.1 Å². The van der Waals surface area contributed by atoms with Crippen LogP contribution in [-0.2, 0) is 0 Å². The number of benzene rings is 1. The van der Waals surface area contributed by atoms with E-state index in [1.807, 2.05) is 6.92 Å². The summed E-state index contributed by atoms with van der Waals surface area (Å²) in [5.41, 5.74) is 2.45. The summed E-state index contributed by atoms with van der Waals surface area (Å²) >= 11 is 0. The van der Waals surface area contributed by atoms with E-state index >= 15 is 0 Å². The van der Waals surface area contributed by atoms with Gasteiger partial charge in [-0.3, -0.25) is 0 Å². The summed E-state index contributed by atoms with van der Waals surface area (Å²) in [4.78, 5) is 11.8. The predicted octanol–water partition coefficient (Wildman–Crippen LogP) is 4.11. The second-order valence-electron chi connectivity index (χ2n) is 6.38. The van der Waals surface area contributed by atoms with Crippen LogP contribution in [0.3, 0.4) is 0 Å². The third-order valence-electron chi connectivity index (χ3n) is 4.46. The Labute approximate surface area is 167 Å². The van der Waals surface area contributed by atoms with E-state index in [9.17, 15) is 0 Å². The van der Waals surface area contributed by atoms with Gasteiger partial charge in [0.25, 0.3) is 0 Å². The SMILES string of the molecule is CCCN(CCC)c1c(C)nc(-c2c(OC)cc(OC)cc2OC)nc1OC. The van der Waals surface area contributed by atoms with Crippen LogP contribution in [0.4, 0.5) is 5.69 Å². The van der Waals surface area contributed by atoms with Crippen LogP contribution in [0, 0.1) is 6.92 Å².